The van der Waals surface area contributed by atoms with Crippen molar-refractivity contribution in [2.75, 3.05) is 18.1 Å². The molecule has 17 heavy (non-hydrogen) atoms. The molecule has 0 aromatic carbocycles. The van der Waals surface area contributed by atoms with Crippen LogP contribution in [-0.4, -0.2) is 41.2 Å². The second-order valence-corrected chi connectivity index (χ2v) is 6.76. The quantitative estimate of drug-likeness (QED) is 0.746. The fourth-order valence-corrected chi connectivity index (χ4v) is 4.03. The minimum Gasteiger partial charge on any atom is -0.394 e. The molecule has 1 aliphatic rings. The molecule has 1 aliphatic heterocycles. The standard InChI is InChI=1S/C10H17N3O3S/c11-9(5-14)10-3-12-7-13(10)4-8-1-2-17(15,16)6-8/h3,7-9,14H,1-2,4-6,11H2. The Hall–Kier alpha value is -0.920. The second-order valence-electron chi connectivity index (χ2n) is 4.53. The van der Waals surface area contributed by atoms with Crippen LogP contribution in [0.1, 0.15) is 18.2 Å². The van der Waals surface area contributed by atoms with Crippen molar-refractivity contribution < 1.29 is 13.5 Å². The van der Waals surface area contributed by atoms with Crippen LogP contribution in [0.2, 0.25) is 0 Å². The molecule has 7 heteroatoms. The number of imidazole rings is 1. The average Bonchev–Trinajstić information content (AvgIpc) is 2.85. The number of nitrogens with two attached hydrogens (primary N) is 1. The van der Waals surface area contributed by atoms with Gasteiger partial charge in [0.05, 0.1) is 36.2 Å². The van der Waals surface area contributed by atoms with Gasteiger partial charge in [0, 0.05) is 12.7 Å². The van der Waals surface area contributed by atoms with Gasteiger partial charge in [0.1, 0.15) is 0 Å². The Morgan fingerprint density at radius 3 is 3.00 bits per heavy atom. The summed E-state index contributed by atoms with van der Waals surface area (Å²) in [6.07, 6.45) is 3.94. The fraction of sp³-hybridized carbons (Fsp3) is 0.700. The predicted molar refractivity (Wildman–Crippen MR) is 63.0 cm³/mol. The topological polar surface area (TPSA) is 98.2 Å². The van der Waals surface area contributed by atoms with Crippen LogP contribution in [0.25, 0.3) is 0 Å². The number of hydrogen-bond acceptors (Lipinski definition) is 5. The number of sulfone groups is 1. The summed E-state index contributed by atoms with van der Waals surface area (Å²) in [6.45, 7) is 0.455. The van der Waals surface area contributed by atoms with E-state index in [0.717, 1.165) is 5.69 Å². The number of rotatable bonds is 4. The number of hydrogen-bond donors (Lipinski definition) is 2. The van der Waals surface area contributed by atoms with Gasteiger partial charge in [0.25, 0.3) is 0 Å². The Labute approximate surface area is 100 Å². The summed E-state index contributed by atoms with van der Waals surface area (Å²) in [4.78, 5) is 3.99. The largest absolute Gasteiger partial charge is 0.394 e. The average molecular weight is 259 g/mol. The molecule has 6 nitrogen and oxygen atoms in total. The van der Waals surface area contributed by atoms with Crippen LogP contribution in [0.5, 0.6) is 0 Å². The van der Waals surface area contributed by atoms with Gasteiger partial charge in [-0.25, -0.2) is 13.4 Å². The maximum Gasteiger partial charge on any atom is 0.150 e. The summed E-state index contributed by atoms with van der Waals surface area (Å²) in [5, 5.41) is 9.01. The van der Waals surface area contributed by atoms with Crippen LogP contribution in [0.15, 0.2) is 12.5 Å². The molecule has 0 amide bonds. The molecule has 2 rings (SSSR count). The molecule has 2 atom stereocenters. The molecule has 1 fully saturated rings. The smallest absolute Gasteiger partial charge is 0.150 e. The van der Waals surface area contributed by atoms with E-state index in [9.17, 15) is 8.42 Å². The van der Waals surface area contributed by atoms with E-state index in [1.54, 1.807) is 12.5 Å². The van der Waals surface area contributed by atoms with E-state index in [1.165, 1.54) is 0 Å². The SMILES string of the molecule is NC(CO)c1cncn1CC1CCS(=O)(=O)C1. The molecule has 2 heterocycles. The molecular formula is C10H17N3O3S. The lowest BCUT2D eigenvalue weighted by Crippen LogP contribution is -2.21. The molecular weight excluding hydrogens is 242 g/mol. The van der Waals surface area contributed by atoms with Gasteiger partial charge in [-0.2, -0.15) is 0 Å². The van der Waals surface area contributed by atoms with Crippen molar-refractivity contribution >= 4 is 9.84 Å². The van der Waals surface area contributed by atoms with Gasteiger partial charge in [-0.1, -0.05) is 0 Å². The Morgan fingerprint density at radius 2 is 2.41 bits per heavy atom. The Kier molecular flexibility index (Phi) is 3.50. The number of aliphatic hydroxyl groups is 1. The Bertz CT molecular complexity index is 483. The van der Waals surface area contributed by atoms with Crippen molar-refractivity contribution in [3.05, 3.63) is 18.2 Å². The summed E-state index contributed by atoms with van der Waals surface area (Å²) in [5.41, 5.74) is 6.49. The zero-order valence-electron chi connectivity index (χ0n) is 9.49. The van der Waals surface area contributed by atoms with Crippen molar-refractivity contribution in [2.45, 2.75) is 19.0 Å². The molecule has 2 unspecified atom stereocenters. The van der Waals surface area contributed by atoms with Crippen molar-refractivity contribution in [2.24, 2.45) is 11.7 Å². The van der Waals surface area contributed by atoms with Crippen molar-refractivity contribution in [1.29, 1.82) is 0 Å². The summed E-state index contributed by atoms with van der Waals surface area (Å²) in [5.74, 6) is 0.631. The summed E-state index contributed by atoms with van der Waals surface area (Å²) in [7, 11) is -2.85. The minimum atomic E-state index is -2.85. The number of nitrogens with zero attached hydrogens (tertiary/aromatic N) is 2. The summed E-state index contributed by atoms with van der Waals surface area (Å²) in [6, 6.07) is -0.462. The Morgan fingerprint density at radius 1 is 1.65 bits per heavy atom. The lowest BCUT2D eigenvalue weighted by atomic mass is 10.1. The van der Waals surface area contributed by atoms with E-state index in [1.807, 2.05) is 4.57 Å². The van der Waals surface area contributed by atoms with E-state index in [-0.39, 0.29) is 24.0 Å². The monoisotopic (exact) mass is 259 g/mol. The van der Waals surface area contributed by atoms with Gasteiger partial charge < -0.3 is 15.4 Å². The van der Waals surface area contributed by atoms with Gasteiger partial charge in [0.15, 0.2) is 9.84 Å². The highest BCUT2D eigenvalue weighted by atomic mass is 32.2. The maximum atomic E-state index is 11.4. The van der Waals surface area contributed by atoms with Crippen LogP contribution in [-0.2, 0) is 16.4 Å². The molecule has 1 saturated heterocycles. The van der Waals surface area contributed by atoms with E-state index in [0.29, 0.717) is 13.0 Å². The first-order chi connectivity index (χ1) is 8.02. The highest BCUT2D eigenvalue weighted by molar-refractivity contribution is 7.91. The van der Waals surface area contributed by atoms with Gasteiger partial charge in [-0.3, -0.25) is 0 Å². The molecule has 0 aliphatic carbocycles. The maximum absolute atomic E-state index is 11.4. The summed E-state index contributed by atoms with van der Waals surface area (Å²) < 4.78 is 24.5. The van der Waals surface area contributed by atoms with Crippen molar-refractivity contribution in [1.82, 2.24) is 9.55 Å². The lowest BCUT2D eigenvalue weighted by molar-refractivity contribution is 0.262. The molecule has 0 spiro atoms. The normalized spacial score (nSPS) is 24.9. The number of aliphatic hydroxyl groups excluding tert-OH is 1. The first-order valence-corrected chi connectivity index (χ1v) is 7.41. The highest BCUT2D eigenvalue weighted by Gasteiger charge is 2.28. The fourth-order valence-electron chi connectivity index (χ4n) is 2.18. The first kappa shape index (κ1) is 12.5. The first-order valence-electron chi connectivity index (χ1n) is 5.59. The van der Waals surface area contributed by atoms with Crippen LogP contribution < -0.4 is 5.73 Å². The third-order valence-corrected chi connectivity index (χ3v) is 4.94. The van der Waals surface area contributed by atoms with Crippen molar-refractivity contribution in [3.8, 4) is 0 Å². The third-order valence-electron chi connectivity index (χ3n) is 3.10. The lowest BCUT2D eigenvalue weighted by Gasteiger charge is -2.15. The molecule has 1 aromatic rings. The predicted octanol–water partition coefficient (Wildman–Crippen LogP) is -0.690. The number of aromatic nitrogens is 2. The third kappa shape index (κ3) is 2.85. The van der Waals surface area contributed by atoms with Gasteiger partial charge in [0.2, 0.25) is 0 Å². The van der Waals surface area contributed by atoms with Crippen LogP contribution in [0.3, 0.4) is 0 Å². The zero-order valence-corrected chi connectivity index (χ0v) is 10.3. The molecule has 0 saturated carbocycles. The van der Waals surface area contributed by atoms with E-state index < -0.39 is 15.9 Å². The van der Waals surface area contributed by atoms with E-state index >= 15 is 0 Å². The summed E-state index contributed by atoms with van der Waals surface area (Å²) >= 11 is 0. The molecule has 1 aromatic heterocycles. The van der Waals surface area contributed by atoms with E-state index in [2.05, 4.69) is 4.98 Å². The zero-order chi connectivity index (χ0) is 12.5. The second kappa shape index (κ2) is 4.75. The van der Waals surface area contributed by atoms with Gasteiger partial charge in [-0.15, -0.1) is 0 Å². The molecule has 0 bridgehead atoms. The molecule has 96 valence electrons. The Balaban J connectivity index is 2.07. The minimum absolute atomic E-state index is 0.124. The molecule has 3 N–H and O–H groups in total. The van der Waals surface area contributed by atoms with Crippen LogP contribution >= 0.6 is 0 Å². The van der Waals surface area contributed by atoms with Gasteiger partial charge in [-0.05, 0) is 12.3 Å². The van der Waals surface area contributed by atoms with Crippen molar-refractivity contribution in [3.63, 3.8) is 0 Å². The van der Waals surface area contributed by atoms with Crippen LogP contribution in [0.4, 0.5) is 0 Å². The highest BCUT2D eigenvalue weighted by Crippen LogP contribution is 2.21. The molecule has 0 radical (unpaired) electrons. The van der Waals surface area contributed by atoms with Gasteiger partial charge >= 0.3 is 0 Å². The van der Waals surface area contributed by atoms with Crippen LogP contribution in [0, 0.1) is 5.92 Å². The van der Waals surface area contributed by atoms with E-state index in [4.69, 9.17) is 10.8 Å².